The van der Waals surface area contributed by atoms with Crippen LogP contribution in [0, 0.1) is 6.92 Å². The van der Waals surface area contributed by atoms with Crippen molar-refractivity contribution in [2.75, 3.05) is 11.1 Å². The molecule has 1 fully saturated rings. The molecule has 94 valence electrons. The molecular weight excluding hydrogens is 286 g/mol. The summed E-state index contributed by atoms with van der Waals surface area (Å²) in [4.78, 5) is 11.5. The van der Waals surface area contributed by atoms with Crippen LogP contribution in [0.1, 0.15) is 5.56 Å². The highest BCUT2D eigenvalue weighted by Gasteiger charge is 2.27. The number of nitrogens with zero attached hydrogens (tertiary/aromatic N) is 1. The molecule has 0 atom stereocenters. The van der Waals surface area contributed by atoms with Gasteiger partial charge in [0.25, 0.3) is 5.91 Å². The second kappa shape index (κ2) is 5.64. The molecule has 1 amide bonds. The minimum Gasteiger partial charge on any atom is -0.331 e. The third-order valence-electron chi connectivity index (χ3n) is 2.36. The maximum Gasteiger partial charge on any atom is 0.257 e. The van der Waals surface area contributed by atoms with Gasteiger partial charge in [-0.2, -0.15) is 0 Å². The van der Waals surface area contributed by atoms with Crippen LogP contribution in [-0.2, 0) is 4.79 Å². The molecule has 18 heavy (non-hydrogen) atoms. The Morgan fingerprint density at radius 1 is 1.44 bits per heavy atom. The van der Waals surface area contributed by atoms with Crippen LogP contribution in [0.2, 0.25) is 0 Å². The van der Waals surface area contributed by atoms with Gasteiger partial charge in [0.05, 0.1) is 5.75 Å². The third kappa shape index (κ3) is 2.98. The Hall–Kier alpha value is -1.18. The standard InChI is InChI=1S/C11H11N3OS3/c1-7-4-2-3-5-8(7)12-10(16)13-14-9(15)6-18-11(14)17/h2-5H,6H2,1H3,(H2,12,13,16). The molecule has 2 rings (SSSR count). The highest BCUT2D eigenvalue weighted by molar-refractivity contribution is 8.23. The Labute approximate surface area is 120 Å². The van der Waals surface area contributed by atoms with Gasteiger partial charge < -0.3 is 5.32 Å². The van der Waals surface area contributed by atoms with Crippen molar-refractivity contribution in [3.05, 3.63) is 29.8 Å². The second-order valence-electron chi connectivity index (χ2n) is 3.66. The number of carbonyl (C=O) groups excluding carboxylic acids is 1. The molecule has 0 bridgehead atoms. The van der Waals surface area contributed by atoms with Gasteiger partial charge in [0.1, 0.15) is 0 Å². The van der Waals surface area contributed by atoms with E-state index in [1.807, 2.05) is 31.2 Å². The molecule has 1 heterocycles. The van der Waals surface area contributed by atoms with E-state index in [1.54, 1.807) is 0 Å². The maximum absolute atomic E-state index is 11.5. The highest BCUT2D eigenvalue weighted by atomic mass is 32.2. The van der Waals surface area contributed by atoms with Crippen LogP contribution in [0.25, 0.3) is 0 Å². The SMILES string of the molecule is Cc1ccccc1NC(=S)NN1C(=O)CSC1=S. The van der Waals surface area contributed by atoms with Gasteiger partial charge in [0.2, 0.25) is 0 Å². The minimum atomic E-state index is -0.0843. The summed E-state index contributed by atoms with van der Waals surface area (Å²) in [6.07, 6.45) is 0. The lowest BCUT2D eigenvalue weighted by Crippen LogP contribution is -2.46. The number of thioether (sulfide) groups is 1. The second-order valence-corrected chi connectivity index (χ2v) is 5.68. The van der Waals surface area contributed by atoms with Crippen LogP contribution in [0.3, 0.4) is 0 Å². The number of amides is 1. The fourth-order valence-electron chi connectivity index (χ4n) is 1.43. The van der Waals surface area contributed by atoms with Gasteiger partial charge in [0, 0.05) is 5.69 Å². The minimum absolute atomic E-state index is 0.0843. The molecule has 4 nitrogen and oxygen atoms in total. The van der Waals surface area contributed by atoms with Crippen LogP contribution in [0.5, 0.6) is 0 Å². The van der Waals surface area contributed by atoms with E-state index < -0.39 is 0 Å². The number of anilines is 1. The van der Waals surface area contributed by atoms with Gasteiger partial charge in [-0.05, 0) is 30.8 Å². The molecule has 1 aliphatic heterocycles. The van der Waals surface area contributed by atoms with Crippen LogP contribution >= 0.6 is 36.2 Å². The zero-order valence-electron chi connectivity index (χ0n) is 9.60. The quantitative estimate of drug-likeness (QED) is 0.815. The average molecular weight is 297 g/mol. The van der Waals surface area contributed by atoms with Gasteiger partial charge in [-0.1, -0.05) is 42.2 Å². The summed E-state index contributed by atoms with van der Waals surface area (Å²) in [6.45, 7) is 1.98. The summed E-state index contributed by atoms with van der Waals surface area (Å²) >= 11 is 11.5. The predicted octanol–water partition coefficient (Wildman–Crippen LogP) is 2.06. The largest absolute Gasteiger partial charge is 0.331 e. The molecule has 0 saturated carbocycles. The Morgan fingerprint density at radius 3 is 2.78 bits per heavy atom. The fraction of sp³-hybridized carbons (Fsp3) is 0.182. The van der Waals surface area contributed by atoms with E-state index in [-0.39, 0.29) is 5.91 Å². The summed E-state index contributed by atoms with van der Waals surface area (Å²) in [7, 11) is 0. The first-order valence-electron chi connectivity index (χ1n) is 5.21. The number of rotatable bonds is 2. The van der Waals surface area contributed by atoms with Crippen LogP contribution in [0.4, 0.5) is 5.69 Å². The smallest absolute Gasteiger partial charge is 0.257 e. The van der Waals surface area contributed by atoms with Gasteiger partial charge in [-0.25, -0.2) is 5.01 Å². The van der Waals surface area contributed by atoms with E-state index in [2.05, 4.69) is 10.7 Å². The maximum atomic E-state index is 11.5. The molecule has 7 heteroatoms. The summed E-state index contributed by atoms with van der Waals surface area (Å²) in [5, 5.41) is 4.68. The zero-order valence-corrected chi connectivity index (χ0v) is 12.0. The lowest BCUT2D eigenvalue weighted by molar-refractivity contribution is -0.125. The third-order valence-corrected chi connectivity index (χ3v) is 3.91. The van der Waals surface area contributed by atoms with Gasteiger partial charge >= 0.3 is 0 Å². The molecule has 1 aromatic rings. The van der Waals surface area contributed by atoms with E-state index in [1.165, 1.54) is 16.8 Å². The number of thiocarbonyl (C=S) groups is 2. The summed E-state index contributed by atoms with van der Waals surface area (Å²) in [6, 6.07) is 7.76. The first-order valence-corrected chi connectivity index (χ1v) is 7.01. The van der Waals surface area contributed by atoms with Crippen molar-refractivity contribution in [2.24, 2.45) is 0 Å². The molecule has 1 aliphatic rings. The van der Waals surface area contributed by atoms with Crippen molar-refractivity contribution < 1.29 is 4.79 Å². The molecule has 0 radical (unpaired) electrons. The molecule has 1 aromatic carbocycles. The van der Waals surface area contributed by atoms with Crippen LogP contribution < -0.4 is 10.7 Å². The summed E-state index contributed by atoms with van der Waals surface area (Å²) < 4.78 is 0.494. The van der Waals surface area contributed by atoms with Crippen molar-refractivity contribution >= 4 is 57.2 Å². The zero-order chi connectivity index (χ0) is 13.1. The number of carbonyl (C=O) groups is 1. The molecule has 0 spiro atoms. The van der Waals surface area contributed by atoms with Crippen molar-refractivity contribution in [1.29, 1.82) is 0 Å². The normalized spacial score (nSPS) is 14.8. The topological polar surface area (TPSA) is 44.4 Å². The van der Waals surface area contributed by atoms with Crippen LogP contribution in [0.15, 0.2) is 24.3 Å². The summed E-state index contributed by atoms with van der Waals surface area (Å²) in [5.74, 6) is 0.276. The number of hydrogen-bond acceptors (Lipinski definition) is 4. The molecular formula is C11H11N3OS3. The first kappa shape index (κ1) is 13.3. The first-order chi connectivity index (χ1) is 8.58. The van der Waals surface area contributed by atoms with E-state index in [4.69, 9.17) is 24.4 Å². The summed E-state index contributed by atoms with van der Waals surface area (Å²) in [5.41, 5.74) is 4.77. The highest BCUT2D eigenvalue weighted by Crippen LogP contribution is 2.17. The van der Waals surface area contributed by atoms with Crippen molar-refractivity contribution in [3.8, 4) is 0 Å². The number of benzene rings is 1. The Bertz CT molecular complexity index is 502. The Balaban J connectivity index is 1.99. The Kier molecular flexibility index (Phi) is 4.15. The van der Waals surface area contributed by atoms with Crippen molar-refractivity contribution in [2.45, 2.75) is 6.92 Å². The monoisotopic (exact) mass is 297 g/mol. The average Bonchev–Trinajstić information content (AvgIpc) is 2.64. The van der Waals surface area contributed by atoms with Gasteiger partial charge in [0.15, 0.2) is 9.43 Å². The molecule has 0 aromatic heterocycles. The van der Waals surface area contributed by atoms with Gasteiger partial charge in [-0.3, -0.25) is 10.2 Å². The van der Waals surface area contributed by atoms with Crippen LogP contribution in [-0.4, -0.2) is 26.1 Å². The van der Waals surface area contributed by atoms with Gasteiger partial charge in [-0.15, -0.1) is 0 Å². The number of aryl methyl sites for hydroxylation is 1. The molecule has 2 N–H and O–H groups in total. The molecule has 0 aliphatic carbocycles. The lowest BCUT2D eigenvalue weighted by Gasteiger charge is -2.19. The van der Waals surface area contributed by atoms with E-state index in [0.29, 0.717) is 15.2 Å². The van der Waals surface area contributed by atoms with Crippen molar-refractivity contribution in [1.82, 2.24) is 10.4 Å². The lowest BCUT2D eigenvalue weighted by atomic mass is 10.2. The van der Waals surface area contributed by atoms with E-state index >= 15 is 0 Å². The number of hydrazine groups is 1. The molecule has 0 unspecified atom stereocenters. The number of hydrogen-bond donors (Lipinski definition) is 2. The Morgan fingerprint density at radius 2 is 2.17 bits per heavy atom. The van der Waals surface area contributed by atoms with E-state index in [9.17, 15) is 4.79 Å². The van der Waals surface area contributed by atoms with E-state index in [0.717, 1.165) is 11.3 Å². The predicted molar refractivity (Wildman–Crippen MR) is 82.4 cm³/mol. The molecule has 1 saturated heterocycles. The number of nitrogens with one attached hydrogen (secondary N) is 2. The fourth-order valence-corrected chi connectivity index (χ4v) is 2.61. The number of para-hydroxylation sites is 1. The van der Waals surface area contributed by atoms with Crippen molar-refractivity contribution in [3.63, 3.8) is 0 Å².